The molecule has 2 aliphatic heterocycles. The van der Waals surface area contributed by atoms with E-state index >= 15 is 0 Å². The third kappa shape index (κ3) is 1.75. The third-order valence-corrected chi connectivity index (χ3v) is 5.46. The van der Waals surface area contributed by atoms with Crippen LogP contribution in [0.1, 0.15) is 52.9 Å². The Morgan fingerprint density at radius 2 is 1.89 bits per heavy atom. The van der Waals surface area contributed by atoms with Crippen LogP contribution in [-0.4, -0.2) is 41.5 Å². The quantitative estimate of drug-likeness (QED) is 0.771. The first-order chi connectivity index (χ1) is 8.54. The summed E-state index contributed by atoms with van der Waals surface area (Å²) in [6, 6.07) is 1.69. The second-order valence-electron chi connectivity index (χ2n) is 6.80. The van der Waals surface area contributed by atoms with E-state index in [-0.39, 0.29) is 5.41 Å². The van der Waals surface area contributed by atoms with Gasteiger partial charge in [-0.1, -0.05) is 13.8 Å². The number of carbonyl (C=O) groups is 1. The first kappa shape index (κ1) is 12.6. The first-order valence-electron chi connectivity index (χ1n) is 7.44. The lowest BCUT2D eigenvalue weighted by molar-refractivity contribution is -0.166. The molecular weight excluding hydrogens is 226 g/mol. The smallest absolute Gasteiger partial charge is 0.136 e. The maximum Gasteiger partial charge on any atom is 0.136 e. The number of ketones is 1. The van der Waals surface area contributed by atoms with Gasteiger partial charge in [0.05, 0.1) is 6.10 Å². The number of piperidine rings is 1. The Morgan fingerprint density at radius 1 is 1.28 bits per heavy atom. The fourth-order valence-electron chi connectivity index (χ4n) is 4.37. The van der Waals surface area contributed by atoms with Gasteiger partial charge in [-0.15, -0.1) is 0 Å². The number of fused-ring (bicyclic) bond motifs is 2. The van der Waals surface area contributed by atoms with Crippen LogP contribution in [0.5, 0.6) is 0 Å². The van der Waals surface area contributed by atoms with Crippen molar-refractivity contribution in [3.05, 3.63) is 0 Å². The van der Waals surface area contributed by atoms with Crippen molar-refractivity contribution in [1.82, 2.24) is 4.90 Å². The second-order valence-corrected chi connectivity index (χ2v) is 6.80. The van der Waals surface area contributed by atoms with Crippen LogP contribution in [0.4, 0.5) is 0 Å². The normalized spacial score (nSPS) is 42.9. The summed E-state index contributed by atoms with van der Waals surface area (Å²) >= 11 is 0. The van der Waals surface area contributed by atoms with E-state index in [0.29, 0.717) is 30.0 Å². The predicted molar refractivity (Wildman–Crippen MR) is 70.5 cm³/mol. The van der Waals surface area contributed by atoms with E-state index in [0.717, 1.165) is 25.9 Å². The zero-order chi connectivity index (χ0) is 12.9. The molecule has 0 aromatic heterocycles. The molecule has 0 aromatic carbocycles. The Bertz CT molecular complexity index is 336. The molecule has 1 saturated carbocycles. The van der Waals surface area contributed by atoms with Gasteiger partial charge >= 0.3 is 0 Å². The van der Waals surface area contributed by atoms with Crippen LogP contribution in [0.15, 0.2) is 0 Å². The molecule has 1 aliphatic carbocycles. The van der Waals surface area contributed by atoms with Gasteiger partial charge in [-0.3, -0.25) is 9.69 Å². The molecule has 3 rings (SSSR count). The maximum absolute atomic E-state index is 11.7. The second kappa shape index (κ2) is 4.31. The summed E-state index contributed by atoms with van der Waals surface area (Å²) in [6.07, 6.45) is 5.60. The molecule has 0 spiro atoms. The van der Waals surface area contributed by atoms with Crippen molar-refractivity contribution in [2.24, 2.45) is 5.41 Å². The van der Waals surface area contributed by atoms with Gasteiger partial charge < -0.3 is 4.74 Å². The molecule has 2 saturated heterocycles. The summed E-state index contributed by atoms with van der Waals surface area (Å²) < 4.78 is 5.83. The Balaban J connectivity index is 1.72. The number of hydrogen-bond donors (Lipinski definition) is 0. The molecular formula is C15H25NO2. The highest BCUT2D eigenvalue weighted by Crippen LogP contribution is 2.50. The third-order valence-electron chi connectivity index (χ3n) is 5.46. The average Bonchev–Trinajstić information content (AvgIpc) is 2.56. The molecule has 3 nitrogen and oxygen atoms in total. The summed E-state index contributed by atoms with van der Waals surface area (Å²) in [5, 5.41) is 0. The van der Waals surface area contributed by atoms with Crippen LogP contribution < -0.4 is 0 Å². The molecule has 2 bridgehead atoms. The number of nitrogens with zero attached hydrogens (tertiary/aromatic N) is 1. The molecule has 4 atom stereocenters. The van der Waals surface area contributed by atoms with Gasteiger partial charge in [0, 0.05) is 43.0 Å². The van der Waals surface area contributed by atoms with Crippen LogP contribution >= 0.6 is 0 Å². The monoisotopic (exact) mass is 251 g/mol. The Labute approximate surface area is 110 Å². The Hall–Kier alpha value is -0.410. The van der Waals surface area contributed by atoms with Gasteiger partial charge in [0.25, 0.3) is 0 Å². The van der Waals surface area contributed by atoms with E-state index in [1.54, 1.807) is 0 Å². The molecule has 102 valence electrons. The van der Waals surface area contributed by atoms with E-state index < -0.39 is 0 Å². The highest BCUT2D eigenvalue weighted by Gasteiger charge is 2.56. The Morgan fingerprint density at radius 3 is 2.39 bits per heavy atom. The highest BCUT2D eigenvalue weighted by atomic mass is 16.5. The zero-order valence-corrected chi connectivity index (χ0v) is 11.8. The summed E-state index contributed by atoms with van der Waals surface area (Å²) in [5.74, 6) is 0.484. The van der Waals surface area contributed by atoms with Gasteiger partial charge in [-0.25, -0.2) is 0 Å². The van der Waals surface area contributed by atoms with Crippen LogP contribution in [0.3, 0.4) is 0 Å². The minimum Gasteiger partial charge on any atom is -0.378 e. The van der Waals surface area contributed by atoms with Crippen LogP contribution in [0, 0.1) is 5.41 Å². The minimum atomic E-state index is 0.247. The molecule has 3 heteroatoms. The number of rotatable bonds is 3. The van der Waals surface area contributed by atoms with E-state index in [1.807, 2.05) is 0 Å². The molecule has 0 amide bonds. The topological polar surface area (TPSA) is 29.5 Å². The fraction of sp³-hybridized carbons (Fsp3) is 0.933. The standard InChI is InChI=1S/C15H25NO2/c1-4-18-14-9-13(15(14,2)3)16-10-5-6-11(16)8-12(17)7-10/h10-11,13-14H,4-9H2,1-3H3. The van der Waals surface area contributed by atoms with Gasteiger partial charge in [0.1, 0.15) is 5.78 Å². The lowest BCUT2D eigenvalue weighted by Gasteiger charge is -2.58. The van der Waals surface area contributed by atoms with Gasteiger partial charge in [-0.05, 0) is 26.2 Å². The summed E-state index contributed by atoms with van der Waals surface area (Å²) in [6.45, 7) is 7.55. The number of Topliss-reactive ketones (excluding diaryl/α,β-unsaturated/α-hetero) is 1. The lowest BCUT2D eigenvalue weighted by atomic mass is 9.63. The number of hydrogen-bond acceptors (Lipinski definition) is 3. The van der Waals surface area contributed by atoms with Gasteiger partial charge in [-0.2, -0.15) is 0 Å². The van der Waals surface area contributed by atoms with Crippen molar-refractivity contribution in [2.45, 2.75) is 77.1 Å². The van der Waals surface area contributed by atoms with Crippen LogP contribution in [0.25, 0.3) is 0 Å². The predicted octanol–water partition coefficient (Wildman–Crippen LogP) is 2.39. The molecule has 2 heterocycles. The van der Waals surface area contributed by atoms with Crippen molar-refractivity contribution in [3.63, 3.8) is 0 Å². The fourth-order valence-corrected chi connectivity index (χ4v) is 4.37. The van der Waals surface area contributed by atoms with Gasteiger partial charge in [0.15, 0.2) is 0 Å². The molecule has 3 fully saturated rings. The largest absolute Gasteiger partial charge is 0.378 e. The van der Waals surface area contributed by atoms with E-state index in [1.165, 1.54) is 12.8 Å². The molecule has 4 unspecified atom stereocenters. The molecule has 18 heavy (non-hydrogen) atoms. The molecule has 3 aliphatic rings. The van der Waals surface area contributed by atoms with E-state index in [2.05, 4.69) is 25.7 Å². The summed E-state index contributed by atoms with van der Waals surface area (Å²) in [7, 11) is 0. The molecule has 0 N–H and O–H groups in total. The summed E-state index contributed by atoms with van der Waals surface area (Å²) in [5.41, 5.74) is 0.247. The minimum absolute atomic E-state index is 0.247. The number of carbonyl (C=O) groups excluding carboxylic acids is 1. The maximum atomic E-state index is 11.7. The number of ether oxygens (including phenoxy) is 1. The van der Waals surface area contributed by atoms with Crippen molar-refractivity contribution < 1.29 is 9.53 Å². The van der Waals surface area contributed by atoms with Crippen molar-refractivity contribution in [2.75, 3.05) is 6.61 Å². The van der Waals surface area contributed by atoms with E-state index in [9.17, 15) is 4.79 Å². The van der Waals surface area contributed by atoms with Crippen molar-refractivity contribution in [1.29, 1.82) is 0 Å². The molecule has 0 radical (unpaired) electrons. The average molecular weight is 251 g/mol. The lowest BCUT2D eigenvalue weighted by Crippen LogP contribution is -2.65. The Kier molecular flexibility index (Phi) is 3.02. The van der Waals surface area contributed by atoms with Crippen LogP contribution in [0.2, 0.25) is 0 Å². The van der Waals surface area contributed by atoms with Crippen molar-refractivity contribution in [3.8, 4) is 0 Å². The zero-order valence-electron chi connectivity index (χ0n) is 11.8. The SMILES string of the molecule is CCOC1CC(N2C3CCC2CC(=O)C3)C1(C)C. The highest BCUT2D eigenvalue weighted by molar-refractivity contribution is 5.81. The first-order valence-corrected chi connectivity index (χ1v) is 7.44. The van der Waals surface area contributed by atoms with Gasteiger partial charge in [0.2, 0.25) is 0 Å². The summed E-state index contributed by atoms with van der Waals surface area (Å²) in [4.78, 5) is 14.4. The molecule has 0 aromatic rings. The van der Waals surface area contributed by atoms with Crippen LogP contribution in [-0.2, 0) is 9.53 Å². The van der Waals surface area contributed by atoms with E-state index in [4.69, 9.17) is 4.74 Å². The van der Waals surface area contributed by atoms with Crippen molar-refractivity contribution >= 4 is 5.78 Å².